The molecule has 0 saturated heterocycles. The number of alkyl halides is 2. The molecule has 1 aromatic rings. The Morgan fingerprint density at radius 2 is 2.00 bits per heavy atom. The van der Waals surface area contributed by atoms with E-state index in [0.29, 0.717) is 5.92 Å². The van der Waals surface area contributed by atoms with Crippen molar-refractivity contribution < 1.29 is 8.78 Å². The van der Waals surface area contributed by atoms with Crippen molar-refractivity contribution >= 4 is 11.3 Å². The van der Waals surface area contributed by atoms with Crippen LogP contribution in [0.5, 0.6) is 0 Å². The minimum atomic E-state index is -2.41. The third-order valence-corrected chi connectivity index (χ3v) is 3.90. The molecule has 1 aliphatic carbocycles. The Kier molecular flexibility index (Phi) is 3.11. The summed E-state index contributed by atoms with van der Waals surface area (Å²) in [5.41, 5.74) is 0. The second-order valence-electron chi connectivity index (χ2n) is 3.74. The predicted octanol–water partition coefficient (Wildman–Crippen LogP) is 4.13. The van der Waals surface area contributed by atoms with E-state index in [1.807, 2.05) is 0 Å². The molecule has 0 atom stereocenters. The summed E-state index contributed by atoms with van der Waals surface area (Å²) in [5.74, 6) is 0.494. The molecule has 1 aromatic heterocycles. The lowest BCUT2D eigenvalue weighted by atomic mass is 9.89. The van der Waals surface area contributed by atoms with Crippen molar-refractivity contribution in [2.75, 3.05) is 0 Å². The number of thiazole rings is 1. The number of aromatic nitrogens is 1. The third-order valence-electron chi connectivity index (χ3n) is 2.74. The first kappa shape index (κ1) is 10.0. The van der Waals surface area contributed by atoms with Crippen LogP contribution in [0.3, 0.4) is 0 Å². The standard InChI is InChI=1S/C10H13F2NS/c11-9(12)10-13-6-8(14-10)7-4-2-1-3-5-7/h6-7,9H,1-5H2. The molecule has 0 radical (unpaired) electrons. The Bertz CT molecular complexity index is 292. The molecule has 0 spiro atoms. The normalized spacial score (nSPS) is 19.1. The SMILES string of the molecule is FC(F)c1ncc(C2CCCCC2)s1. The largest absolute Gasteiger partial charge is 0.289 e. The summed E-state index contributed by atoms with van der Waals surface area (Å²) in [4.78, 5) is 4.81. The molecule has 1 fully saturated rings. The summed E-state index contributed by atoms with van der Waals surface area (Å²) < 4.78 is 24.6. The van der Waals surface area contributed by atoms with Gasteiger partial charge in [0.2, 0.25) is 0 Å². The van der Waals surface area contributed by atoms with E-state index in [0.717, 1.165) is 17.7 Å². The fourth-order valence-electron chi connectivity index (χ4n) is 1.98. The van der Waals surface area contributed by atoms with Gasteiger partial charge in [0.05, 0.1) is 0 Å². The highest BCUT2D eigenvalue weighted by Crippen LogP contribution is 2.37. The Hall–Kier alpha value is -0.510. The highest BCUT2D eigenvalue weighted by atomic mass is 32.1. The molecule has 0 bridgehead atoms. The summed E-state index contributed by atoms with van der Waals surface area (Å²) in [6.07, 6.45) is 5.27. The van der Waals surface area contributed by atoms with E-state index in [1.165, 1.54) is 30.6 Å². The maximum absolute atomic E-state index is 12.3. The molecule has 78 valence electrons. The minimum absolute atomic E-state index is 0.0226. The smallest absolute Gasteiger partial charge is 0.243 e. The summed E-state index contributed by atoms with van der Waals surface area (Å²) in [6, 6.07) is 0. The second-order valence-corrected chi connectivity index (χ2v) is 4.83. The summed E-state index contributed by atoms with van der Waals surface area (Å²) in [7, 11) is 0. The van der Waals surface area contributed by atoms with Crippen LogP contribution >= 0.6 is 11.3 Å². The Morgan fingerprint density at radius 1 is 1.29 bits per heavy atom. The van der Waals surface area contributed by atoms with E-state index in [2.05, 4.69) is 4.98 Å². The van der Waals surface area contributed by atoms with Gasteiger partial charge in [0.1, 0.15) is 0 Å². The van der Waals surface area contributed by atoms with Crippen LogP contribution in [0.15, 0.2) is 6.20 Å². The first-order valence-electron chi connectivity index (χ1n) is 5.01. The number of nitrogens with zero attached hydrogens (tertiary/aromatic N) is 1. The summed E-state index contributed by atoms with van der Waals surface area (Å²) >= 11 is 1.19. The zero-order chi connectivity index (χ0) is 9.97. The average Bonchev–Trinajstić information content (AvgIpc) is 2.68. The molecule has 14 heavy (non-hydrogen) atoms. The van der Waals surface area contributed by atoms with E-state index in [4.69, 9.17) is 0 Å². The zero-order valence-corrected chi connectivity index (χ0v) is 8.70. The Labute approximate surface area is 86.2 Å². The summed E-state index contributed by atoms with van der Waals surface area (Å²) in [6.45, 7) is 0. The molecule has 1 aliphatic rings. The summed E-state index contributed by atoms with van der Waals surface area (Å²) in [5, 5.41) is -0.0226. The predicted molar refractivity (Wildman–Crippen MR) is 52.9 cm³/mol. The lowest BCUT2D eigenvalue weighted by Crippen LogP contribution is -2.02. The molecule has 1 saturated carbocycles. The average molecular weight is 217 g/mol. The third kappa shape index (κ3) is 2.11. The topological polar surface area (TPSA) is 12.9 Å². The van der Waals surface area contributed by atoms with Crippen LogP contribution in [-0.4, -0.2) is 4.98 Å². The Balaban J connectivity index is 2.07. The molecule has 0 aromatic carbocycles. The van der Waals surface area contributed by atoms with Crippen molar-refractivity contribution in [3.05, 3.63) is 16.1 Å². The van der Waals surface area contributed by atoms with Crippen LogP contribution < -0.4 is 0 Å². The fraction of sp³-hybridized carbons (Fsp3) is 0.700. The van der Waals surface area contributed by atoms with E-state index in [-0.39, 0.29) is 5.01 Å². The van der Waals surface area contributed by atoms with Crippen LogP contribution in [-0.2, 0) is 0 Å². The number of hydrogen-bond acceptors (Lipinski definition) is 2. The van der Waals surface area contributed by atoms with E-state index >= 15 is 0 Å². The minimum Gasteiger partial charge on any atom is -0.243 e. The number of rotatable bonds is 2. The van der Waals surface area contributed by atoms with Crippen molar-refractivity contribution in [3.63, 3.8) is 0 Å². The van der Waals surface area contributed by atoms with E-state index in [9.17, 15) is 8.78 Å². The van der Waals surface area contributed by atoms with Gasteiger partial charge < -0.3 is 0 Å². The van der Waals surface area contributed by atoms with Gasteiger partial charge in [-0.25, -0.2) is 13.8 Å². The monoisotopic (exact) mass is 217 g/mol. The number of hydrogen-bond donors (Lipinski definition) is 0. The van der Waals surface area contributed by atoms with Crippen LogP contribution in [0.2, 0.25) is 0 Å². The lowest BCUT2D eigenvalue weighted by Gasteiger charge is -2.19. The molecule has 0 aliphatic heterocycles. The van der Waals surface area contributed by atoms with Crippen LogP contribution in [0.25, 0.3) is 0 Å². The molecule has 0 N–H and O–H groups in total. The molecular weight excluding hydrogens is 204 g/mol. The molecule has 1 heterocycles. The molecule has 4 heteroatoms. The van der Waals surface area contributed by atoms with Gasteiger partial charge in [-0.1, -0.05) is 19.3 Å². The van der Waals surface area contributed by atoms with Crippen molar-refractivity contribution in [1.29, 1.82) is 0 Å². The van der Waals surface area contributed by atoms with Gasteiger partial charge in [-0.15, -0.1) is 11.3 Å². The van der Waals surface area contributed by atoms with Crippen LogP contribution in [0, 0.1) is 0 Å². The number of halogens is 2. The molecule has 2 rings (SSSR count). The van der Waals surface area contributed by atoms with Gasteiger partial charge in [-0.2, -0.15) is 0 Å². The van der Waals surface area contributed by atoms with Gasteiger partial charge >= 0.3 is 0 Å². The van der Waals surface area contributed by atoms with Crippen molar-refractivity contribution in [3.8, 4) is 0 Å². The molecule has 0 unspecified atom stereocenters. The maximum Gasteiger partial charge on any atom is 0.289 e. The van der Waals surface area contributed by atoms with Gasteiger partial charge in [-0.3, -0.25) is 0 Å². The molecular formula is C10H13F2NS. The maximum atomic E-state index is 12.3. The quantitative estimate of drug-likeness (QED) is 0.725. The van der Waals surface area contributed by atoms with Gasteiger partial charge in [0.15, 0.2) is 5.01 Å². The van der Waals surface area contributed by atoms with Gasteiger partial charge in [0, 0.05) is 11.1 Å². The van der Waals surface area contributed by atoms with Gasteiger partial charge in [0.25, 0.3) is 6.43 Å². The van der Waals surface area contributed by atoms with Crippen molar-refractivity contribution in [1.82, 2.24) is 4.98 Å². The highest BCUT2D eigenvalue weighted by Gasteiger charge is 2.20. The highest BCUT2D eigenvalue weighted by molar-refractivity contribution is 7.11. The van der Waals surface area contributed by atoms with Crippen LogP contribution in [0.4, 0.5) is 8.78 Å². The van der Waals surface area contributed by atoms with Crippen LogP contribution in [0.1, 0.15) is 54.3 Å². The second kappa shape index (κ2) is 4.34. The zero-order valence-electron chi connectivity index (χ0n) is 7.88. The fourth-order valence-corrected chi connectivity index (χ4v) is 2.92. The van der Waals surface area contributed by atoms with Crippen molar-refractivity contribution in [2.45, 2.75) is 44.4 Å². The van der Waals surface area contributed by atoms with Gasteiger partial charge in [-0.05, 0) is 18.8 Å². The van der Waals surface area contributed by atoms with Crippen molar-refractivity contribution in [2.24, 2.45) is 0 Å². The van der Waals surface area contributed by atoms with E-state index in [1.54, 1.807) is 6.20 Å². The first-order valence-corrected chi connectivity index (χ1v) is 5.83. The lowest BCUT2D eigenvalue weighted by molar-refractivity contribution is 0.151. The Morgan fingerprint density at radius 3 is 2.57 bits per heavy atom. The van der Waals surface area contributed by atoms with E-state index < -0.39 is 6.43 Å². The first-order chi connectivity index (χ1) is 6.77. The molecule has 1 nitrogen and oxygen atoms in total. The molecule has 0 amide bonds.